The van der Waals surface area contributed by atoms with E-state index in [0.717, 1.165) is 10.6 Å². The fourth-order valence-electron chi connectivity index (χ4n) is 8.78. The first kappa shape index (κ1) is 33.2. The number of carbonyl (C=O) groups excluding carboxylic acids is 4. The maximum atomic E-state index is 15.3. The molecular formula is C39H30BrClFN3O6. The number of allylic oxidation sites excluding steroid dienone is 2. The van der Waals surface area contributed by atoms with Crippen LogP contribution in [0.1, 0.15) is 29.9 Å². The van der Waals surface area contributed by atoms with Crippen molar-refractivity contribution >= 4 is 62.5 Å². The number of hydrazine groups is 1. The van der Waals surface area contributed by atoms with Crippen LogP contribution in [0.5, 0.6) is 11.5 Å². The fraction of sp³-hybridized carbons (Fsp3) is 0.231. The van der Waals surface area contributed by atoms with Gasteiger partial charge in [-0.2, -0.15) is 5.01 Å². The number of anilines is 2. The van der Waals surface area contributed by atoms with E-state index in [-0.39, 0.29) is 36.2 Å². The van der Waals surface area contributed by atoms with Gasteiger partial charge < -0.3 is 9.84 Å². The number of hydrogen-bond acceptors (Lipinski definition) is 7. The molecule has 1 saturated carbocycles. The molecule has 2 heterocycles. The van der Waals surface area contributed by atoms with Gasteiger partial charge in [-0.05, 0) is 106 Å². The molecule has 0 bridgehead atoms. The minimum atomic E-state index is -1.57. The van der Waals surface area contributed by atoms with Crippen LogP contribution in [0.2, 0.25) is 5.02 Å². The fourth-order valence-corrected chi connectivity index (χ4v) is 9.36. The second-order valence-electron chi connectivity index (χ2n) is 13.3. The first-order valence-corrected chi connectivity index (χ1v) is 17.6. The molecule has 4 amide bonds. The summed E-state index contributed by atoms with van der Waals surface area (Å²) in [6.45, 7) is 0. The molecule has 2 saturated heterocycles. The van der Waals surface area contributed by atoms with E-state index < -0.39 is 52.6 Å². The Morgan fingerprint density at radius 3 is 2.31 bits per heavy atom. The van der Waals surface area contributed by atoms with Gasteiger partial charge in [-0.25, -0.2) is 4.39 Å². The molecule has 2 aliphatic carbocycles. The number of halogens is 3. The van der Waals surface area contributed by atoms with E-state index in [4.69, 9.17) is 16.3 Å². The summed E-state index contributed by atoms with van der Waals surface area (Å²) in [4.78, 5) is 59.6. The summed E-state index contributed by atoms with van der Waals surface area (Å²) in [5.74, 6) is -6.15. The molecule has 3 fully saturated rings. The summed E-state index contributed by atoms with van der Waals surface area (Å²) < 4.78 is 19.7. The Kier molecular flexibility index (Phi) is 8.03. The van der Waals surface area contributed by atoms with Gasteiger partial charge in [0.2, 0.25) is 11.8 Å². The van der Waals surface area contributed by atoms with Crippen molar-refractivity contribution in [3.63, 3.8) is 0 Å². The highest BCUT2D eigenvalue weighted by molar-refractivity contribution is 9.10. The average Bonchev–Trinajstić information content (AvgIpc) is 3.51. The van der Waals surface area contributed by atoms with Gasteiger partial charge in [-0.15, -0.1) is 0 Å². The summed E-state index contributed by atoms with van der Waals surface area (Å²) in [5, 5.41) is 12.3. The highest BCUT2D eigenvalue weighted by Crippen LogP contribution is 2.64. The molecule has 9 nitrogen and oxygen atoms in total. The normalized spacial score (nSPS) is 26.8. The Hall–Kier alpha value is -5.00. The maximum Gasteiger partial charge on any atom is 0.260 e. The number of hydrogen-bond donors (Lipinski definition) is 2. The zero-order chi connectivity index (χ0) is 35.8. The van der Waals surface area contributed by atoms with E-state index in [2.05, 4.69) is 21.4 Å². The number of nitrogens with zero attached hydrogens (tertiary/aromatic N) is 2. The summed E-state index contributed by atoms with van der Waals surface area (Å²) in [7, 11) is 1.41. The van der Waals surface area contributed by atoms with Crippen molar-refractivity contribution in [2.45, 2.75) is 24.2 Å². The Labute approximate surface area is 305 Å². The number of fused-ring (bicyclic) bond motifs is 4. The Bertz CT molecular complexity index is 2150. The van der Waals surface area contributed by atoms with Gasteiger partial charge in [0.1, 0.15) is 5.82 Å². The lowest BCUT2D eigenvalue weighted by Crippen LogP contribution is -2.53. The van der Waals surface area contributed by atoms with E-state index >= 15 is 4.79 Å². The summed E-state index contributed by atoms with van der Waals surface area (Å²) >= 11 is 9.82. The number of rotatable bonds is 6. The number of aromatic hydroxyl groups is 1. The van der Waals surface area contributed by atoms with Crippen molar-refractivity contribution in [2.24, 2.45) is 23.7 Å². The number of amides is 4. The molecule has 8 rings (SSSR count). The van der Waals surface area contributed by atoms with Crippen LogP contribution in [-0.4, -0.2) is 40.9 Å². The largest absolute Gasteiger partial charge is 0.503 e. The van der Waals surface area contributed by atoms with Gasteiger partial charge in [-0.3, -0.25) is 29.5 Å². The lowest BCUT2D eigenvalue weighted by atomic mass is 9.49. The Morgan fingerprint density at radius 2 is 1.63 bits per heavy atom. The summed E-state index contributed by atoms with van der Waals surface area (Å²) in [6.07, 6.45) is 2.29. The molecular weight excluding hydrogens is 741 g/mol. The van der Waals surface area contributed by atoms with E-state index in [1.165, 1.54) is 36.3 Å². The molecule has 0 unspecified atom stereocenters. The lowest BCUT2D eigenvalue weighted by Gasteiger charge is -2.50. The number of phenolic OH excluding ortho intramolecular Hbond substituents is 1. The van der Waals surface area contributed by atoms with Gasteiger partial charge in [0.05, 0.1) is 46.1 Å². The van der Waals surface area contributed by atoms with Gasteiger partial charge in [-0.1, -0.05) is 53.6 Å². The minimum Gasteiger partial charge on any atom is -0.503 e. The molecule has 2 N–H and O–H groups in total. The third-order valence-electron chi connectivity index (χ3n) is 10.9. The lowest BCUT2D eigenvalue weighted by molar-refractivity contribution is -0.138. The number of carbonyl (C=O) groups is 4. The molecule has 258 valence electrons. The molecule has 0 aromatic heterocycles. The van der Waals surface area contributed by atoms with Crippen molar-refractivity contribution in [3.05, 3.63) is 129 Å². The molecule has 12 heteroatoms. The van der Waals surface area contributed by atoms with Crippen LogP contribution < -0.4 is 15.1 Å². The van der Waals surface area contributed by atoms with Crippen molar-refractivity contribution in [1.82, 2.24) is 5.01 Å². The van der Waals surface area contributed by atoms with Crippen LogP contribution in [0.4, 0.5) is 15.8 Å². The standard InChI is InChI=1S/C39H30BrClFN3O6/c1-51-31-18-20(17-30(40)34(31)46)33-26-15-16-27-32(37(49)44(35(27)47)25-5-3-2-4-6-25)28(26)19-29-36(48)45(43-24-13-11-23(42)12-14-24)38(50)39(29,33)21-7-9-22(41)10-8-21/h2-15,17-18,27-29,32-33,43,46H,16,19H2,1H3/t27-,28+,29-,32-,33-,39+/m0/s1. The van der Waals surface area contributed by atoms with E-state index in [1.54, 1.807) is 60.7 Å². The number of para-hydroxylation sites is 1. The van der Waals surface area contributed by atoms with Gasteiger partial charge in [0, 0.05) is 10.9 Å². The van der Waals surface area contributed by atoms with Crippen LogP contribution in [-0.2, 0) is 24.6 Å². The second kappa shape index (κ2) is 12.3. The predicted octanol–water partition coefficient (Wildman–Crippen LogP) is 7.15. The number of nitrogens with one attached hydrogen (secondary N) is 1. The van der Waals surface area contributed by atoms with Crippen LogP contribution >= 0.6 is 27.5 Å². The van der Waals surface area contributed by atoms with E-state index in [0.29, 0.717) is 32.0 Å². The molecule has 4 aromatic rings. The first-order chi connectivity index (χ1) is 24.6. The van der Waals surface area contributed by atoms with Gasteiger partial charge in [0.15, 0.2) is 11.5 Å². The van der Waals surface area contributed by atoms with Gasteiger partial charge in [0.25, 0.3) is 11.8 Å². The monoisotopic (exact) mass is 769 g/mol. The third kappa shape index (κ3) is 4.92. The highest BCUT2D eigenvalue weighted by atomic mass is 79.9. The summed E-state index contributed by atoms with van der Waals surface area (Å²) in [5.41, 5.74) is 3.96. The van der Waals surface area contributed by atoms with Gasteiger partial charge >= 0.3 is 0 Å². The molecule has 4 aromatic carbocycles. The quantitative estimate of drug-likeness (QED) is 0.158. The summed E-state index contributed by atoms with van der Waals surface area (Å²) in [6, 6.07) is 24.2. The highest BCUT2D eigenvalue weighted by Gasteiger charge is 2.70. The number of methoxy groups -OCH3 is 1. The molecule has 4 aliphatic rings. The van der Waals surface area contributed by atoms with Crippen LogP contribution in [0, 0.1) is 29.5 Å². The number of benzene rings is 4. The maximum absolute atomic E-state index is 15.3. The molecule has 51 heavy (non-hydrogen) atoms. The smallest absolute Gasteiger partial charge is 0.260 e. The third-order valence-corrected chi connectivity index (χ3v) is 11.7. The van der Waals surface area contributed by atoms with E-state index in [1.807, 2.05) is 12.1 Å². The topological polar surface area (TPSA) is 116 Å². The second-order valence-corrected chi connectivity index (χ2v) is 14.6. The van der Waals surface area contributed by atoms with Crippen LogP contribution in [0.3, 0.4) is 0 Å². The van der Waals surface area contributed by atoms with Crippen LogP contribution in [0.15, 0.2) is 107 Å². The molecule has 2 aliphatic heterocycles. The number of phenols is 1. The Morgan fingerprint density at radius 1 is 0.922 bits per heavy atom. The van der Waals surface area contributed by atoms with Crippen molar-refractivity contribution < 1.29 is 33.4 Å². The van der Waals surface area contributed by atoms with E-state index in [9.17, 15) is 23.9 Å². The first-order valence-electron chi connectivity index (χ1n) is 16.4. The number of ether oxygens (including phenoxy) is 1. The SMILES string of the molecule is COc1cc([C@H]2C3=CC[C@@H]4C(=O)N(c5ccccc5)C(=O)[C@@H]4[C@@H]3C[C@H]3C(=O)N(Nc4ccc(F)cc4)C(=O)[C@@]23c2ccc(Cl)cc2)cc(Br)c1O. The minimum absolute atomic E-state index is 0.0936. The van der Waals surface area contributed by atoms with Crippen LogP contribution in [0.25, 0.3) is 0 Å². The average molecular weight is 771 g/mol. The number of imide groups is 2. The van der Waals surface area contributed by atoms with Crippen molar-refractivity contribution in [3.8, 4) is 11.5 Å². The van der Waals surface area contributed by atoms with Crippen molar-refractivity contribution in [2.75, 3.05) is 17.4 Å². The predicted molar refractivity (Wildman–Crippen MR) is 190 cm³/mol. The Balaban J connectivity index is 1.35. The van der Waals surface area contributed by atoms with Crippen molar-refractivity contribution in [1.29, 1.82) is 0 Å². The molecule has 6 atom stereocenters. The zero-order valence-electron chi connectivity index (χ0n) is 27.1. The molecule has 0 spiro atoms. The zero-order valence-corrected chi connectivity index (χ0v) is 29.4. The molecule has 0 radical (unpaired) electrons.